The smallest absolute Gasteiger partial charge is 0.759 e. The molecule has 0 aliphatic carbocycles. The van der Waals surface area contributed by atoms with Gasteiger partial charge >= 0.3 is 34.7 Å². The Morgan fingerprint density at radius 2 is 0.446 bits per heavy atom. The summed E-state index contributed by atoms with van der Waals surface area (Å²) in [5.74, 6) is 1.39. The van der Waals surface area contributed by atoms with Crippen molar-refractivity contribution in [3.8, 4) is 0 Å². The van der Waals surface area contributed by atoms with E-state index in [1.54, 1.807) is 24.5 Å². The number of hydrogen-bond acceptors (Lipinski definition) is 18. The van der Waals surface area contributed by atoms with Gasteiger partial charge in [-0.15, -0.1) is 0 Å². The van der Waals surface area contributed by atoms with E-state index in [4.69, 9.17) is 81.6 Å². The first kappa shape index (κ1) is 195. The van der Waals surface area contributed by atoms with Gasteiger partial charge in [0.15, 0.2) is 0 Å². The van der Waals surface area contributed by atoms with Gasteiger partial charge in [0.2, 0.25) is 0 Å². The summed E-state index contributed by atoms with van der Waals surface area (Å²) in [6.45, 7) is 0. The van der Waals surface area contributed by atoms with Crippen LogP contribution in [0.1, 0.15) is 0 Å². The third-order valence-corrected chi connectivity index (χ3v) is 1.47. The monoisotopic (exact) mass is 1000 g/mol. The molecule has 0 aliphatic rings. The van der Waals surface area contributed by atoms with E-state index >= 15 is 0 Å². The molecular weight excluding hydrogens is 934 g/mol. The van der Waals surface area contributed by atoms with E-state index < -0.39 is 41.6 Å². The summed E-state index contributed by atoms with van der Waals surface area (Å²) in [5.41, 5.74) is 10.6. The Bertz CT molecular complexity index is 1030. The summed E-state index contributed by atoms with van der Waals surface area (Å²) in [5, 5.41) is 0. The standard InChI is InChI=1S/2C5H6N2.2Al.4H2O4S.20H2O/c2*6-5-3-1-2-4-7-5;;;4*1-5(2,3)4;;;;;;;;;;;;;;;;;;;;/h2*1-4H,(H2,6,7);;;4*(H2,1,2,3,4);20*1H2/q;;2*+3;;;;;;;;;;;;;;;;;;;;;;;;/p+6. The van der Waals surface area contributed by atoms with Gasteiger partial charge < -0.3 is 146 Å². The first-order valence-corrected chi connectivity index (χ1v) is 12.2. The Morgan fingerprint density at radius 3 is 0.482 bits per heavy atom. The van der Waals surface area contributed by atoms with Crippen molar-refractivity contribution in [2.45, 2.75) is 0 Å². The molecule has 0 atom stereocenters. The van der Waals surface area contributed by atoms with Crippen molar-refractivity contribution in [2.75, 3.05) is 11.5 Å². The van der Waals surface area contributed by atoms with Gasteiger partial charge in [-0.2, -0.15) is 0 Å². The fraction of sp³-hybridized carbons (Fsp3) is 0. The third kappa shape index (κ3) is 711. The maximum atomic E-state index is 8.52. The van der Waals surface area contributed by atoms with Crippen LogP contribution >= 0.6 is 0 Å². The van der Waals surface area contributed by atoms with Gasteiger partial charge in [-0.25, -0.2) is 9.97 Å². The van der Waals surface area contributed by atoms with E-state index in [0.29, 0.717) is 11.6 Å². The number of rotatable bonds is 0. The zero-order valence-corrected chi connectivity index (χ0v) is 33.6. The third-order valence-electron chi connectivity index (χ3n) is 1.47. The molecule has 0 unspecified atom stereocenters. The van der Waals surface area contributed by atoms with Crippen LogP contribution in [0.15, 0.2) is 48.8 Å². The second kappa shape index (κ2) is 99.1. The van der Waals surface area contributed by atoms with Gasteiger partial charge in [-0.1, -0.05) is 12.1 Å². The summed E-state index contributed by atoms with van der Waals surface area (Å²) < 4.78 is 136. The predicted molar refractivity (Wildman–Crippen MR) is 196 cm³/mol. The molecule has 0 amide bonds. The SMILES string of the molecule is Nc1cccc[nH+]1.Nc1cccc[nH+]1.O.O.O.O.O.O.O.O.O=S(=O)([O-])[O-].O=S(=O)([O-])[O-].O=S(=O)([O-])[O-].O=S(=O)([O-])[O-].[Al+3].[Al+3].[OH3+].[OH3+].[OH3+].[OH3+].[OH3+].[OH3+].[OH3+].[OH3+].[OH3+].[OH3+].[OH3+].[OH3+]. The second-order valence-corrected chi connectivity index (χ2v) is 7.53. The van der Waals surface area contributed by atoms with Crippen molar-refractivity contribution in [2.24, 2.45) is 0 Å². The van der Waals surface area contributed by atoms with Crippen LogP contribution in [0.4, 0.5) is 11.6 Å². The molecule has 58 N–H and O–H groups in total. The summed E-state index contributed by atoms with van der Waals surface area (Å²) >= 11 is 0. The van der Waals surface area contributed by atoms with E-state index in [9.17, 15) is 0 Å². The van der Waals surface area contributed by atoms with E-state index in [1.807, 2.05) is 24.3 Å². The second-order valence-electron chi connectivity index (χ2n) is 4.27. The molecule has 0 saturated heterocycles. The molecule has 56 heavy (non-hydrogen) atoms. The average molecular weight is 1000 g/mol. The number of pyridine rings is 2. The number of H-pyrrole nitrogens is 2. The Balaban J connectivity index is -0.00000000749. The van der Waals surface area contributed by atoms with Crippen molar-refractivity contribution in [1.82, 2.24) is 0 Å². The minimum Gasteiger partial charge on any atom is -0.759 e. The van der Waals surface area contributed by atoms with Gasteiger partial charge in [0, 0.05) is 53.7 Å². The molecule has 40 nitrogen and oxygen atoms in total. The first-order chi connectivity index (χ1) is 14.8. The van der Waals surface area contributed by atoms with Crippen LogP contribution in [-0.4, -0.2) is 149 Å². The number of aromatic amines is 2. The van der Waals surface area contributed by atoms with Crippen LogP contribution < -0.4 is 21.4 Å². The predicted octanol–water partition coefficient (Wildman–Crippen LogP) is -23.6. The van der Waals surface area contributed by atoms with Crippen molar-refractivity contribution in [3.63, 3.8) is 0 Å². The average Bonchev–Trinajstić information content (AvgIpc) is 2.50. The van der Waals surface area contributed by atoms with E-state index in [1.165, 1.54) is 0 Å². The number of anilines is 2. The quantitative estimate of drug-likeness (QED) is 0.107. The number of hydrogen-bond donors (Lipinski definition) is 2. The largest absolute Gasteiger partial charge is 3.00 e. The van der Waals surface area contributed by atoms with Crippen molar-refractivity contribution < 1.29 is 190 Å². The fourth-order valence-electron chi connectivity index (χ4n) is 0.814. The Labute approximate surface area is 337 Å². The molecular formula is C10H66Al2N4O36S4+12. The topological polar surface area (TPSA) is 1050 Å². The van der Waals surface area contributed by atoms with Gasteiger partial charge in [0.25, 0.3) is 11.6 Å². The number of aromatic nitrogens is 2. The Hall–Kier alpha value is -2.36. The molecule has 0 aromatic carbocycles. The van der Waals surface area contributed by atoms with Gasteiger partial charge in [0.1, 0.15) is 0 Å². The fourth-order valence-corrected chi connectivity index (χ4v) is 0.814. The molecule has 0 saturated carbocycles. The summed E-state index contributed by atoms with van der Waals surface area (Å²) in [7, 11) is -20.7. The Morgan fingerprint density at radius 1 is 0.339 bits per heavy atom. The Kier molecular flexibility index (Phi) is 344. The molecule has 0 spiro atoms. The number of nitrogens with two attached hydrogens (primary N) is 2. The zero-order valence-electron chi connectivity index (χ0n) is 28.0. The molecule has 2 heterocycles. The normalized spacial score (nSPS) is 6.29. The van der Waals surface area contributed by atoms with Gasteiger partial charge in [0.05, 0.1) is 12.4 Å². The van der Waals surface area contributed by atoms with Crippen LogP contribution in [0, 0.1) is 0 Å². The molecule has 0 aliphatic heterocycles. The molecule has 2 aromatic heterocycles. The van der Waals surface area contributed by atoms with Crippen LogP contribution in [0.25, 0.3) is 0 Å². The zero-order chi connectivity index (χ0) is 28.2. The van der Waals surface area contributed by atoms with Crippen LogP contribution in [-0.2, 0) is 107 Å². The van der Waals surface area contributed by atoms with Crippen molar-refractivity contribution in [3.05, 3.63) is 48.8 Å². The number of nitrogens with one attached hydrogen (secondary N) is 2. The molecule has 0 fully saturated rings. The summed E-state index contributed by atoms with van der Waals surface area (Å²) in [6, 6.07) is 11.1. The van der Waals surface area contributed by atoms with Crippen molar-refractivity contribution >= 4 is 88.0 Å². The molecule has 0 radical (unpaired) electrons. The minimum absolute atomic E-state index is 0. The first-order valence-electron chi connectivity index (χ1n) is 6.90. The molecule has 2 aromatic rings. The van der Waals surface area contributed by atoms with E-state index in [0.717, 1.165) is 0 Å². The van der Waals surface area contributed by atoms with Crippen LogP contribution in [0.5, 0.6) is 0 Å². The maximum absolute atomic E-state index is 8.52. The van der Waals surface area contributed by atoms with Gasteiger partial charge in [-0.3, -0.25) is 45.1 Å². The van der Waals surface area contributed by atoms with Gasteiger partial charge in [-0.05, 0) is 12.1 Å². The minimum atomic E-state index is -5.17. The molecule has 0 bridgehead atoms. The summed E-state index contributed by atoms with van der Waals surface area (Å²) in [4.78, 5) is 5.62. The maximum Gasteiger partial charge on any atom is 3.00 e. The molecule has 2 rings (SSSR count). The van der Waals surface area contributed by atoms with Crippen molar-refractivity contribution in [1.29, 1.82) is 0 Å². The molecule has 360 valence electrons. The molecule has 46 heteroatoms. The summed E-state index contributed by atoms with van der Waals surface area (Å²) in [6.07, 6.45) is 3.57. The van der Waals surface area contributed by atoms with E-state index in [-0.39, 0.29) is 144 Å². The number of nitrogen functional groups attached to an aromatic ring is 2. The van der Waals surface area contributed by atoms with Crippen LogP contribution in [0.2, 0.25) is 0 Å². The van der Waals surface area contributed by atoms with E-state index in [2.05, 4.69) is 9.97 Å². The van der Waals surface area contributed by atoms with Crippen LogP contribution in [0.3, 0.4) is 0 Å².